The number of aromatic nitrogens is 6. The predicted molar refractivity (Wildman–Crippen MR) is 181 cm³/mol. The van der Waals surface area contributed by atoms with E-state index in [0.717, 1.165) is 56.9 Å². The molecule has 2 heterocycles. The van der Waals surface area contributed by atoms with Crippen LogP contribution in [0.5, 0.6) is 0 Å². The van der Waals surface area contributed by atoms with Gasteiger partial charge in [0.25, 0.3) is 0 Å². The van der Waals surface area contributed by atoms with E-state index >= 15 is 0 Å². The summed E-state index contributed by atoms with van der Waals surface area (Å²) in [6.07, 6.45) is 0. The van der Waals surface area contributed by atoms with Gasteiger partial charge in [0.15, 0.2) is 23.3 Å². The highest BCUT2D eigenvalue weighted by atomic mass is 15.3. The van der Waals surface area contributed by atoms with Gasteiger partial charge in [0.05, 0.1) is 0 Å². The van der Waals surface area contributed by atoms with Crippen LogP contribution in [0.3, 0.4) is 0 Å². The zero-order chi connectivity index (χ0) is 31.0. The van der Waals surface area contributed by atoms with Crippen LogP contribution in [-0.2, 0) is 5.41 Å². The Kier molecular flexibility index (Phi) is 7.18. The van der Waals surface area contributed by atoms with Crippen LogP contribution in [0.2, 0.25) is 0 Å². The highest BCUT2D eigenvalue weighted by molar-refractivity contribution is 5.73. The normalized spacial score (nSPS) is 11.6. The minimum absolute atomic E-state index is 0.0663. The number of nitrogens with zero attached hydrogens (tertiary/aromatic N) is 6. The van der Waals surface area contributed by atoms with Gasteiger partial charge in [-0.2, -0.15) is 0 Å². The summed E-state index contributed by atoms with van der Waals surface area (Å²) in [5.74, 6) is 3.08. The summed E-state index contributed by atoms with van der Waals surface area (Å²) in [5, 5.41) is 18.9. The van der Waals surface area contributed by atoms with Crippen LogP contribution in [0, 0.1) is 6.92 Å². The summed E-state index contributed by atoms with van der Waals surface area (Å²) >= 11 is 0. The van der Waals surface area contributed by atoms with Gasteiger partial charge in [0.1, 0.15) is 0 Å². The maximum absolute atomic E-state index is 4.76. The first-order chi connectivity index (χ1) is 21.9. The highest BCUT2D eigenvalue weighted by Crippen LogP contribution is 2.34. The van der Waals surface area contributed by atoms with Gasteiger partial charge in [0, 0.05) is 33.6 Å². The summed E-state index contributed by atoms with van der Waals surface area (Å²) in [6, 6.07) is 45.9. The first-order valence-corrected chi connectivity index (χ1v) is 15.2. The molecule has 6 nitrogen and oxygen atoms in total. The quantitative estimate of drug-likeness (QED) is 0.195. The second kappa shape index (κ2) is 11.5. The van der Waals surface area contributed by atoms with E-state index in [2.05, 4.69) is 133 Å². The fraction of sp³-hybridized carbons (Fsp3) is 0.128. The molecule has 0 aliphatic carbocycles. The van der Waals surface area contributed by atoms with Crippen LogP contribution < -0.4 is 0 Å². The Hall–Kier alpha value is -5.62. The molecule has 0 unspecified atom stereocenters. The van der Waals surface area contributed by atoms with Crippen LogP contribution in [-0.4, -0.2) is 29.5 Å². The molecular formula is C39H34N6. The first kappa shape index (κ1) is 28.2. The van der Waals surface area contributed by atoms with E-state index in [9.17, 15) is 0 Å². The van der Waals surface area contributed by atoms with Crippen molar-refractivity contribution in [1.29, 1.82) is 0 Å². The van der Waals surface area contributed by atoms with E-state index in [4.69, 9.17) is 15.3 Å². The third-order valence-corrected chi connectivity index (χ3v) is 8.05. The van der Waals surface area contributed by atoms with Gasteiger partial charge in [-0.1, -0.05) is 129 Å². The lowest BCUT2D eigenvalue weighted by Crippen LogP contribution is -2.10. The van der Waals surface area contributed by atoms with Crippen molar-refractivity contribution in [1.82, 2.24) is 29.5 Å². The minimum Gasteiger partial charge on any atom is -0.275 e. The maximum Gasteiger partial charge on any atom is 0.168 e. The number of hydrogen-bond donors (Lipinski definition) is 0. The van der Waals surface area contributed by atoms with Gasteiger partial charge >= 0.3 is 0 Å². The monoisotopic (exact) mass is 586 g/mol. The zero-order valence-corrected chi connectivity index (χ0v) is 25.9. The third-order valence-electron chi connectivity index (χ3n) is 8.05. The predicted octanol–water partition coefficient (Wildman–Crippen LogP) is 9.12. The molecule has 0 saturated heterocycles. The van der Waals surface area contributed by atoms with Crippen molar-refractivity contribution in [3.8, 4) is 56.9 Å². The Labute approximate surface area is 263 Å². The Balaban J connectivity index is 1.37. The molecule has 220 valence electrons. The molecule has 0 spiro atoms. The van der Waals surface area contributed by atoms with Gasteiger partial charge in [-0.15, -0.1) is 20.4 Å². The number of hydrogen-bond acceptors (Lipinski definition) is 4. The third kappa shape index (κ3) is 5.47. The van der Waals surface area contributed by atoms with Crippen molar-refractivity contribution in [2.75, 3.05) is 0 Å². The molecule has 0 fully saturated rings. The molecule has 0 saturated carbocycles. The molecule has 2 aromatic heterocycles. The molecule has 5 aromatic carbocycles. The molecule has 0 aliphatic heterocycles. The summed E-state index contributed by atoms with van der Waals surface area (Å²) in [5.41, 5.74) is 8.40. The van der Waals surface area contributed by atoms with Crippen molar-refractivity contribution in [2.24, 2.45) is 0 Å². The molecule has 45 heavy (non-hydrogen) atoms. The van der Waals surface area contributed by atoms with Crippen molar-refractivity contribution in [3.05, 3.63) is 145 Å². The summed E-state index contributed by atoms with van der Waals surface area (Å²) in [4.78, 5) is 0. The van der Waals surface area contributed by atoms with Crippen LogP contribution in [0.25, 0.3) is 56.9 Å². The average molecular weight is 587 g/mol. The van der Waals surface area contributed by atoms with Crippen molar-refractivity contribution in [2.45, 2.75) is 33.1 Å². The summed E-state index contributed by atoms with van der Waals surface area (Å²) in [6.45, 7) is 8.76. The van der Waals surface area contributed by atoms with Gasteiger partial charge < -0.3 is 0 Å². The van der Waals surface area contributed by atoms with E-state index in [1.165, 1.54) is 11.1 Å². The van der Waals surface area contributed by atoms with Crippen LogP contribution in [0.1, 0.15) is 31.9 Å². The topological polar surface area (TPSA) is 61.4 Å². The lowest BCUT2D eigenvalue weighted by Gasteiger charge is -2.19. The molecule has 0 radical (unpaired) electrons. The molecule has 0 atom stereocenters. The van der Waals surface area contributed by atoms with E-state index < -0.39 is 0 Å². The van der Waals surface area contributed by atoms with Crippen LogP contribution in [0.15, 0.2) is 133 Å². The van der Waals surface area contributed by atoms with Crippen LogP contribution >= 0.6 is 0 Å². The van der Waals surface area contributed by atoms with Gasteiger partial charge in [-0.3, -0.25) is 9.13 Å². The lowest BCUT2D eigenvalue weighted by atomic mass is 9.86. The SMILES string of the molecule is Cc1ccc(-c2nnc(-c3cccc(-c4nnc(-c5ccc(C(C)(C)C)cc5)n4-c4ccccc4)c3)n2-c2ccccc2)cc1. The van der Waals surface area contributed by atoms with Gasteiger partial charge in [0.2, 0.25) is 0 Å². The smallest absolute Gasteiger partial charge is 0.168 e. The van der Waals surface area contributed by atoms with E-state index in [-0.39, 0.29) is 5.41 Å². The molecule has 0 aliphatic rings. The lowest BCUT2D eigenvalue weighted by molar-refractivity contribution is 0.590. The van der Waals surface area contributed by atoms with Crippen molar-refractivity contribution >= 4 is 0 Å². The summed E-state index contributed by atoms with van der Waals surface area (Å²) < 4.78 is 4.25. The van der Waals surface area contributed by atoms with Gasteiger partial charge in [-0.25, -0.2) is 0 Å². The van der Waals surface area contributed by atoms with E-state index in [1.54, 1.807) is 0 Å². The second-order valence-electron chi connectivity index (χ2n) is 12.3. The first-order valence-electron chi connectivity index (χ1n) is 15.2. The molecule has 6 heteroatoms. The van der Waals surface area contributed by atoms with Crippen molar-refractivity contribution < 1.29 is 0 Å². The Morgan fingerprint density at radius 2 is 0.822 bits per heavy atom. The molecule has 7 rings (SSSR count). The Bertz CT molecular complexity index is 2070. The molecular weight excluding hydrogens is 552 g/mol. The zero-order valence-electron chi connectivity index (χ0n) is 25.9. The molecule has 0 N–H and O–H groups in total. The molecule has 0 amide bonds. The van der Waals surface area contributed by atoms with E-state index in [1.807, 2.05) is 42.5 Å². The Morgan fingerprint density at radius 3 is 1.24 bits per heavy atom. The van der Waals surface area contributed by atoms with E-state index in [0.29, 0.717) is 0 Å². The Morgan fingerprint density at radius 1 is 0.422 bits per heavy atom. The highest BCUT2D eigenvalue weighted by Gasteiger charge is 2.21. The van der Waals surface area contributed by atoms with Gasteiger partial charge in [-0.05, 0) is 48.2 Å². The second-order valence-corrected chi connectivity index (χ2v) is 12.3. The standard InChI is InChI=1S/C39H34N6/c1-27-18-20-28(21-19-27)35-40-42-37(44(35)33-14-7-5-8-15-33)30-12-11-13-31(26-30)38-43-41-36(45(38)34-16-9-6-10-17-34)29-22-24-32(25-23-29)39(2,3)4/h5-26H,1-4H3. The largest absolute Gasteiger partial charge is 0.275 e. The van der Waals surface area contributed by atoms with Crippen molar-refractivity contribution in [3.63, 3.8) is 0 Å². The fourth-order valence-electron chi connectivity index (χ4n) is 5.58. The number of benzene rings is 5. The molecule has 0 bridgehead atoms. The summed E-state index contributed by atoms with van der Waals surface area (Å²) in [7, 11) is 0. The fourth-order valence-corrected chi connectivity index (χ4v) is 5.58. The van der Waals surface area contributed by atoms with Crippen LogP contribution in [0.4, 0.5) is 0 Å². The number of aryl methyl sites for hydroxylation is 1. The number of rotatable bonds is 6. The maximum atomic E-state index is 4.76. The molecule has 7 aromatic rings. The average Bonchev–Trinajstić information content (AvgIpc) is 3.72. The minimum atomic E-state index is 0.0663. The number of para-hydroxylation sites is 2.